The number of nitrogens with zero attached hydrogens (tertiary/aromatic N) is 4. The van der Waals surface area contributed by atoms with E-state index in [1.165, 1.54) is 12.1 Å². The topological polar surface area (TPSA) is 92.4 Å². The molecule has 2 heterocycles. The zero-order valence-electron chi connectivity index (χ0n) is 18.7. The van der Waals surface area contributed by atoms with E-state index >= 15 is 0 Å². The number of nitrogens with two attached hydrogens (primary N) is 1. The van der Waals surface area contributed by atoms with E-state index in [0.717, 1.165) is 35.2 Å². The van der Waals surface area contributed by atoms with Gasteiger partial charge >= 0.3 is 0 Å². The van der Waals surface area contributed by atoms with Crippen molar-refractivity contribution in [2.75, 3.05) is 25.5 Å². The van der Waals surface area contributed by atoms with Gasteiger partial charge in [0.2, 0.25) is 17.8 Å². The molecule has 2 amide bonds. The number of likely N-dealkylation sites (tertiary alicyclic amines) is 1. The van der Waals surface area contributed by atoms with Gasteiger partial charge in [-0.2, -0.15) is 0 Å². The Balaban J connectivity index is 1.69. The van der Waals surface area contributed by atoms with Gasteiger partial charge < -0.3 is 15.5 Å². The van der Waals surface area contributed by atoms with Gasteiger partial charge in [0.1, 0.15) is 5.82 Å². The molecule has 1 aromatic heterocycles. The fourth-order valence-electron chi connectivity index (χ4n) is 4.12. The number of carbonyl (C=O) groups is 2. The highest BCUT2D eigenvalue weighted by atomic mass is 19.1. The van der Waals surface area contributed by atoms with Crippen molar-refractivity contribution in [1.82, 2.24) is 14.9 Å². The number of primary amides is 1. The fourth-order valence-corrected chi connectivity index (χ4v) is 4.12. The third-order valence-electron chi connectivity index (χ3n) is 5.84. The van der Waals surface area contributed by atoms with Crippen LogP contribution in [0.25, 0.3) is 11.1 Å². The minimum absolute atomic E-state index is 0.0239. The fraction of sp³-hybridized carbons (Fsp3) is 0.280. The van der Waals surface area contributed by atoms with Gasteiger partial charge in [-0.3, -0.25) is 9.59 Å². The predicted molar refractivity (Wildman–Crippen MR) is 124 cm³/mol. The van der Waals surface area contributed by atoms with Crippen molar-refractivity contribution in [2.24, 2.45) is 5.73 Å². The van der Waals surface area contributed by atoms with Crippen molar-refractivity contribution in [2.45, 2.75) is 25.3 Å². The lowest BCUT2D eigenvalue weighted by Crippen LogP contribution is -2.32. The number of rotatable bonds is 6. The monoisotopic (exact) mass is 447 g/mol. The van der Waals surface area contributed by atoms with Crippen LogP contribution in [-0.4, -0.2) is 47.3 Å². The molecule has 1 saturated heterocycles. The lowest BCUT2D eigenvalue weighted by molar-refractivity contribution is -0.131. The molecule has 0 spiro atoms. The lowest BCUT2D eigenvalue weighted by Gasteiger charge is -2.27. The van der Waals surface area contributed by atoms with Crippen LogP contribution in [0.3, 0.4) is 0 Å². The normalized spacial score (nSPS) is 15.5. The molecule has 1 aliphatic rings. The molecule has 7 nitrogen and oxygen atoms in total. The molecule has 0 saturated carbocycles. The first kappa shape index (κ1) is 22.4. The summed E-state index contributed by atoms with van der Waals surface area (Å²) in [6, 6.07) is 12.8. The van der Waals surface area contributed by atoms with Crippen LogP contribution in [0.4, 0.5) is 10.3 Å². The van der Waals surface area contributed by atoms with Crippen LogP contribution < -0.4 is 10.6 Å². The molecule has 170 valence electrons. The summed E-state index contributed by atoms with van der Waals surface area (Å²) in [5.41, 5.74) is 8.99. The Labute approximate surface area is 192 Å². The van der Waals surface area contributed by atoms with Crippen LogP contribution in [0, 0.1) is 5.82 Å². The molecule has 1 fully saturated rings. The van der Waals surface area contributed by atoms with Gasteiger partial charge in [-0.05, 0) is 48.2 Å². The summed E-state index contributed by atoms with van der Waals surface area (Å²) in [7, 11) is 3.74. The van der Waals surface area contributed by atoms with Gasteiger partial charge in [-0.1, -0.05) is 24.3 Å². The Bertz CT molecular complexity index is 1160. The largest absolute Gasteiger partial charge is 0.366 e. The van der Waals surface area contributed by atoms with Crippen LogP contribution in [0.15, 0.2) is 54.7 Å². The van der Waals surface area contributed by atoms with Gasteiger partial charge in [-0.15, -0.1) is 0 Å². The third-order valence-corrected chi connectivity index (χ3v) is 5.84. The van der Waals surface area contributed by atoms with E-state index < -0.39 is 5.91 Å². The van der Waals surface area contributed by atoms with Crippen LogP contribution in [-0.2, 0) is 11.2 Å². The summed E-state index contributed by atoms with van der Waals surface area (Å²) in [6.07, 6.45) is 3.61. The van der Waals surface area contributed by atoms with Crippen molar-refractivity contribution in [3.8, 4) is 11.1 Å². The van der Waals surface area contributed by atoms with Crippen molar-refractivity contribution in [1.29, 1.82) is 0 Å². The first-order valence-electron chi connectivity index (χ1n) is 10.8. The zero-order valence-corrected chi connectivity index (χ0v) is 18.7. The number of hydrogen-bond acceptors (Lipinski definition) is 5. The summed E-state index contributed by atoms with van der Waals surface area (Å²) < 4.78 is 13.2. The molecule has 1 aliphatic heterocycles. The van der Waals surface area contributed by atoms with Gasteiger partial charge in [-0.25, -0.2) is 14.4 Å². The van der Waals surface area contributed by atoms with E-state index in [2.05, 4.69) is 4.98 Å². The molecular formula is C25H26FN5O2. The third kappa shape index (κ3) is 4.84. The number of amides is 2. The van der Waals surface area contributed by atoms with Gasteiger partial charge in [0, 0.05) is 38.0 Å². The average molecular weight is 448 g/mol. The molecule has 1 atom stereocenters. The maximum Gasteiger partial charge on any atom is 0.248 e. The van der Waals surface area contributed by atoms with E-state index in [9.17, 15) is 14.0 Å². The number of halogens is 1. The molecule has 0 bridgehead atoms. The quantitative estimate of drug-likeness (QED) is 0.626. The number of carbonyl (C=O) groups excluding carboxylic acids is 2. The number of benzene rings is 2. The zero-order chi connectivity index (χ0) is 23.5. The number of hydrogen-bond donors (Lipinski definition) is 1. The van der Waals surface area contributed by atoms with E-state index in [-0.39, 0.29) is 24.2 Å². The SMILES string of the molecule is CN(C)c1ncc(-c2ccc(C(N)=O)cc2)c([C@H]2CCCN2C(=O)Cc2ccc(F)cc2)n1. The molecule has 0 radical (unpaired) electrons. The average Bonchev–Trinajstić information content (AvgIpc) is 3.30. The summed E-state index contributed by atoms with van der Waals surface area (Å²) in [5.74, 6) is -0.284. The Morgan fingerprint density at radius 3 is 2.45 bits per heavy atom. The molecule has 0 aliphatic carbocycles. The maximum absolute atomic E-state index is 13.2. The van der Waals surface area contributed by atoms with Crippen molar-refractivity contribution >= 4 is 17.8 Å². The maximum atomic E-state index is 13.2. The summed E-state index contributed by atoms with van der Waals surface area (Å²) in [4.78, 5) is 37.6. The summed E-state index contributed by atoms with van der Waals surface area (Å²) in [5, 5.41) is 0. The highest BCUT2D eigenvalue weighted by molar-refractivity contribution is 5.93. The highest BCUT2D eigenvalue weighted by Crippen LogP contribution is 2.37. The number of anilines is 1. The predicted octanol–water partition coefficient (Wildman–Crippen LogP) is 3.35. The second kappa shape index (κ2) is 9.36. The molecule has 2 N–H and O–H groups in total. The molecular weight excluding hydrogens is 421 g/mol. The van der Waals surface area contributed by atoms with E-state index in [0.29, 0.717) is 18.1 Å². The molecule has 2 aromatic carbocycles. The first-order valence-corrected chi connectivity index (χ1v) is 10.8. The second-order valence-electron chi connectivity index (χ2n) is 8.35. The molecule has 0 unspecified atom stereocenters. The lowest BCUT2D eigenvalue weighted by atomic mass is 9.98. The molecule has 3 aromatic rings. The van der Waals surface area contributed by atoms with Gasteiger partial charge in [0.05, 0.1) is 18.2 Å². The Hall–Kier alpha value is -3.81. The molecule has 8 heteroatoms. The smallest absolute Gasteiger partial charge is 0.248 e. The minimum Gasteiger partial charge on any atom is -0.366 e. The van der Waals surface area contributed by atoms with E-state index in [4.69, 9.17) is 10.7 Å². The van der Waals surface area contributed by atoms with E-state index in [1.54, 1.807) is 30.5 Å². The van der Waals surface area contributed by atoms with Crippen LogP contribution >= 0.6 is 0 Å². The number of aromatic nitrogens is 2. The van der Waals surface area contributed by atoms with Crippen LogP contribution in [0.1, 0.15) is 40.5 Å². The summed E-state index contributed by atoms with van der Waals surface area (Å²) in [6.45, 7) is 0.631. The summed E-state index contributed by atoms with van der Waals surface area (Å²) >= 11 is 0. The van der Waals surface area contributed by atoms with Gasteiger partial charge in [0.15, 0.2) is 0 Å². The van der Waals surface area contributed by atoms with Crippen molar-refractivity contribution in [3.05, 3.63) is 77.4 Å². The standard InChI is InChI=1S/C25H26FN5O2/c1-30(2)25-28-15-20(17-7-9-18(10-8-17)24(27)33)23(29-25)21-4-3-13-31(21)22(32)14-16-5-11-19(26)12-6-16/h5-12,15,21H,3-4,13-14H2,1-2H3,(H2,27,33)/t21-/m1/s1. The second-order valence-corrected chi connectivity index (χ2v) is 8.35. The molecule has 4 rings (SSSR count). The Morgan fingerprint density at radius 2 is 1.82 bits per heavy atom. The highest BCUT2D eigenvalue weighted by Gasteiger charge is 2.33. The molecule has 33 heavy (non-hydrogen) atoms. The van der Waals surface area contributed by atoms with Crippen LogP contribution in [0.2, 0.25) is 0 Å². The Kier molecular flexibility index (Phi) is 6.35. The first-order chi connectivity index (χ1) is 15.8. The van der Waals surface area contributed by atoms with E-state index in [1.807, 2.05) is 36.0 Å². The van der Waals surface area contributed by atoms with Crippen LogP contribution in [0.5, 0.6) is 0 Å². The Morgan fingerprint density at radius 1 is 1.12 bits per heavy atom. The van der Waals surface area contributed by atoms with Crippen molar-refractivity contribution < 1.29 is 14.0 Å². The minimum atomic E-state index is -0.491. The van der Waals surface area contributed by atoms with Crippen molar-refractivity contribution in [3.63, 3.8) is 0 Å². The van der Waals surface area contributed by atoms with Gasteiger partial charge in [0.25, 0.3) is 0 Å².